The summed E-state index contributed by atoms with van der Waals surface area (Å²) in [6.07, 6.45) is 7.52. The second-order valence-corrected chi connectivity index (χ2v) is 7.80. The number of benzene rings is 1. The zero-order valence-corrected chi connectivity index (χ0v) is 17.7. The number of carbonyl (C=O) groups is 2. The Balaban J connectivity index is 1.34. The molecule has 3 amide bonds. The molecule has 31 heavy (non-hydrogen) atoms. The van der Waals surface area contributed by atoms with Gasteiger partial charge in [-0.05, 0) is 49.9 Å². The summed E-state index contributed by atoms with van der Waals surface area (Å²) in [6.45, 7) is 2.24. The van der Waals surface area contributed by atoms with Crippen LogP contribution in [0.25, 0.3) is 0 Å². The molecule has 1 aromatic carbocycles. The summed E-state index contributed by atoms with van der Waals surface area (Å²) in [5.41, 5.74) is 1.32. The summed E-state index contributed by atoms with van der Waals surface area (Å²) < 4.78 is 5.44. The minimum Gasteiger partial charge on any atom is -0.495 e. The van der Waals surface area contributed by atoms with Crippen molar-refractivity contribution in [2.24, 2.45) is 0 Å². The predicted octanol–water partition coefficient (Wildman–Crippen LogP) is 2.79. The molecule has 0 radical (unpaired) electrons. The highest BCUT2D eigenvalue weighted by Gasteiger charge is 2.24. The average Bonchev–Trinajstić information content (AvgIpc) is 2.80. The molecule has 164 valence electrons. The van der Waals surface area contributed by atoms with Gasteiger partial charge in [0, 0.05) is 50.2 Å². The maximum Gasteiger partial charge on any atom is 0.319 e. The Kier molecular flexibility index (Phi) is 6.49. The van der Waals surface area contributed by atoms with E-state index in [0.29, 0.717) is 30.1 Å². The van der Waals surface area contributed by atoms with Crippen LogP contribution in [0.2, 0.25) is 0 Å². The highest BCUT2D eigenvalue weighted by molar-refractivity contribution is 5.97. The largest absolute Gasteiger partial charge is 0.495 e. The summed E-state index contributed by atoms with van der Waals surface area (Å²) in [7, 11) is 1.58. The number of anilines is 3. The van der Waals surface area contributed by atoms with E-state index in [1.807, 2.05) is 0 Å². The minimum atomic E-state index is -0.254. The number of amides is 3. The third-order valence-electron chi connectivity index (χ3n) is 5.72. The lowest BCUT2D eigenvalue weighted by molar-refractivity contribution is -0.119. The number of urea groups is 1. The Morgan fingerprint density at radius 1 is 1.13 bits per heavy atom. The van der Waals surface area contributed by atoms with Crippen LogP contribution in [0.1, 0.15) is 32.1 Å². The summed E-state index contributed by atoms with van der Waals surface area (Å²) >= 11 is 0. The van der Waals surface area contributed by atoms with E-state index in [1.54, 1.807) is 48.7 Å². The topological polar surface area (TPSA) is 99.7 Å². The second kappa shape index (κ2) is 9.63. The predicted molar refractivity (Wildman–Crippen MR) is 119 cm³/mol. The highest BCUT2D eigenvalue weighted by Crippen LogP contribution is 2.33. The SMILES string of the molecule is COc1ccc(NC(=O)NC2CCN(c3ncccn3)CC2)cc1N1CCCCC1=O. The monoisotopic (exact) mass is 424 g/mol. The zero-order valence-electron chi connectivity index (χ0n) is 17.7. The Labute approximate surface area is 181 Å². The quantitative estimate of drug-likeness (QED) is 0.766. The minimum absolute atomic E-state index is 0.0836. The molecule has 2 fully saturated rings. The van der Waals surface area contributed by atoms with E-state index in [0.717, 1.165) is 44.7 Å². The molecule has 3 heterocycles. The number of hydrogen-bond acceptors (Lipinski definition) is 6. The van der Waals surface area contributed by atoms with Crippen LogP contribution < -0.4 is 25.2 Å². The number of aromatic nitrogens is 2. The number of nitrogens with one attached hydrogen (secondary N) is 2. The average molecular weight is 425 g/mol. The number of hydrogen-bond donors (Lipinski definition) is 2. The maximum absolute atomic E-state index is 12.6. The molecule has 0 atom stereocenters. The van der Waals surface area contributed by atoms with Gasteiger partial charge in [0.05, 0.1) is 12.8 Å². The standard InChI is InChI=1S/C22H28N6O3/c1-31-19-7-6-17(15-18(19)28-12-3-2-5-20(28)29)26-22(30)25-16-8-13-27(14-9-16)21-23-10-4-11-24-21/h4,6-7,10-11,15-16H,2-3,5,8-9,12-14H2,1H3,(H2,25,26,30). The number of rotatable bonds is 5. The van der Waals surface area contributed by atoms with Gasteiger partial charge in [-0.3, -0.25) is 4.79 Å². The van der Waals surface area contributed by atoms with Crippen LogP contribution in [0.15, 0.2) is 36.7 Å². The molecule has 1 aromatic heterocycles. The van der Waals surface area contributed by atoms with Gasteiger partial charge in [0.25, 0.3) is 0 Å². The van der Waals surface area contributed by atoms with Gasteiger partial charge in [-0.2, -0.15) is 0 Å². The molecule has 2 saturated heterocycles. The van der Waals surface area contributed by atoms with E-state index in [1.165, 1.54) is 0 Å². The van der Waals surface area contributed by atoms with Crippen LogP contribution in [0.5, 0.6) is 5.75 Å². The molecular weight excluding hydrogens is 396 g/mol. The summed E-state index contributed by atoms with van der Waals surface area (Å²) in [6, 6.07) is 7.00. The molecule has 2 aliphatic rings. The van der Waals surface area contributed by atoms with Gasteiger partial charge >= 0.3 is 6.03 Å². The molecule has 0 spiro atoms. The first-order chi connectivity index (χ1) is 15.1. The second-order valence-electron chi connectivity index (χ2n) is 7.80. The lowest BCUT2D eigenvalue weighted by Crippen LogP contribution is -2.46. The zero-order chi connectivity index (χ0) is 21.6. The number of ether oxygens (including phenoxy) is 1. The first-order valence-corrected chi connectivity index (χ1v) is 10.7. The molecule has 2 aromatic rings. The van der Waals surface area contributed by atoms with Crippen LogP contribution >= 0.6 is 0 Å². The molecule has 4 rings (SSSR count). The summed E-state index contributed by atoms with van der Waals surface area (Å²) in [5.74, 6) is 1.43. The van der Waals surface area contributed by atoms with E-state index in [2.05, 4.69) is 25.5 Å². The van der Waals surface area contributed by atoms with Crippen LogP contribution in [-0.4, -0.2) is 54.7 Å². The molecule has 9 heteroatoms. The molecular formula is C22H28N6O3. The number of piperidine rings is 2. The van der Waals surface area contributed by atoms with Crippen molar-refractivity contribution >= 4 is 29.3 Å². The normalized spacial score (nSPS) is 17.4. The van der Waals surface area contributed by atoms with Crippen molar-refractivity contribution in [1.82, 2.24) is 15.3 Å². The van der Waals surface area contributed by atoms with E-state index in [4.69, 9.17) is 4.74 Å². The van der Waals surface area contributed by atoms with Crippen LogP contribution in [0, 0.1) is 0 Å². The Bertz CT molecular complexity index is 915. The molecule has 0 bridgehead atoms. The lowest BCUT2D eigenvalue weighted by Gasteiger charge is -2.32. The van der Waals surface area contributed by atoms with E-state index < -0.39 is 0 Å². The van der Waals surface area contributed by atoms with Crippen molar-refractivity contribution < 1.29 is 14.3 Å². The van der Waals surface area contributed by atoms with Crippen molar-refractivity contribution in [3.05, 3.63) is 36.7 Å². The van der Waals surface area contributed by atoms with Gasteiger partial charge < -0.3 is 25.2 Å². The van der Waals surface area contributed by atoms with Crippen LogP contribution in [-0.2, 0) is 4.79 Å². The van der Waals surface area contributed by atoms with Crippen molar-refractivity contribution in [2.75, 3.05) is 41.9 Å². The Morgan fingerprint density at radius 2 is 1.90 bits per heavy atom. The fraction of sp³-hybridized carbons (Fsp3) is 0.455. The fourth-order valence-electron chi connectivity index (χ4n) is 4.07. The first-order valence-electron chi connectivity index (χ1n) is 10.7. The van der Waals surface area contributed by atoms with Crippen molar-refractivity contribution in [2.45, 2.75) is 38.1 Å². The Hall–Kier alpha value is -3.36. The molecule has 0 saturated carbocycles. The molecule has 0 unspecified atom stereocenters. The molecule has 2 N–H and O–H groups in total. The van der Waals surface area contributed by atoms with Gasteiger partial charge in [0.2, 0.25) is 11.9 Å². The van der Waals surface area contributed by atoms with Crippen molar-refractivity contribution in [3.8, 4) is 5.75 Å². The summed E-state index contributed by atoms with van der Waals surface area (Å²) in [4.78, 5) is 37.4. The molecule has 9 nitrogen and oxygen atoms in total. The third-order valence-corrected chi connectivity index (χ3v) is 5.72. The number of carbonyl (C=O) groups excluding carboxylic acids is 2. The third kappa shape index (κ3) is 5.04. The number of nitrogens with zero attached hydrogens (tertiary/aromatic N) is 4. The van der Waals surface area contributed by atoms with Crippen LogP contribution in [0.4, 0.5) is 22.1 Å². The fourth-order valence-corrected chi connectivity index (χ4v) is 4.07. The Morgan fingerprint density at radius 3 is 2.61 bits per heavy atom. The van der Waals surface area contributed by atoms with Crippen LogP contribution in [0.3, 0.4) is 0 Å². The van der Waals surface area contributed by atoms with Crippen molar-refractivity contribution in [3.63, 3.8) is 0 Å². The van der Waals surface area contributed by atoms with E-state index in [-0.39, 0.29) is 18.0 Å². The smallest absolute Gasteiger partial charge is 0.319 e. The highest BCUT2D eigenvalue weighted by atomic mass is 16.5. The van der Waals surface area contributed by atoms with Crippen molar-refractivity contribution in [1.29, 1.82) is 0 Å². The van der Waals surface area contributed by atoms with E-state index in [9.17, 15) is 9.59 Å². The first kappa shape index (κ1) is 20.9. The van der Waals surface area contributed by atoms with Gasteiger partial charge in [0.1, 0.15) is 5.75 Å². The number of methoxy groups -OCH3 is 1. The van der Waals surface area contributed by atoms with Gasteiger partial charge in [0.15, 0.2) is 0 Å². The molecule has 0 aliphatic carbocycles. The lowest BCUT2D eigenvalue weighted by atomic mass is 10.1. The maximum atomic E-state index is 12.6. The van der Waals surface area contributed by atoms with Gasteiger partial charge in [-0.1, -0.05) is 0 Å². The summed E-state index contributed by atoms with van der Waals surface area (Å²) in [5, 5.41) is 5.94. The van der Waals surface area contributed by atoms with Gasteiger partial charge in [-0.25, -0.2) is 14.8 Å². The van der Waals surface area contributed by atoms with Gasteiger partial charge in [-0.15, -0.1) is 0 Å². The van der Waals surface area contributed by atoms with E-state index >= 15 is 0 Å². The molecule has 2 aliphatic heterocycles.